The van der Waals surface area contributed by atoms with E-state index in [4.69, 9.17) is 9.84 Å². The number of aryl methyl sites for hydroxylation is 2. The summed E-state index contributed by atoms with van der Waals surface area (Å²) in [6.45, 7) is 3.81. The van der Waals surface area contributed by atoms with Crippen LogP contribution in [0.25, 0.3) is 0 Å². The van der Waals surface area contributed by atoms with E-state index >= 15 is 0 Å². The highest BCUT2D eigenvalue weighted by atomic mass is 79.9. The molecule has 0 unspecified atom stereocenters. The SMILES string of the molecule is COc1ccc([C@@H]2CC(c3ccc(C)cc3C)=NN2C(=O)CN2N=N[C@H]3C(=O)N(c4cccc(Br)c4)C(=O)[C@@H]32)cc1. The first kappa shape index (κ1) is 26.8. The van der Waals surface area contributed by atoms with Crippen LogP contribution in [-0.4, -0.2) is 59.2 Å². The first-order valence-electron chi connectivity index (χ1n) is 13.2. The first-order chi connectivity index (χ1) is 19.7. The number of nitrogens with zero attached hydrogens (tertiary/aromatic N) is 6. The van der Waals surface area contributed by atoms with Gasteiger partial charge in [-0.2, -0.15) is 10.2 Å². The molecule has 208 valence electrons. The second-order valence-corrected chi connectivity index (χ2v) is 11.2. The summed E-state index contributed by atoms with van der Waals surface area (Å²) in [5.74, 6) is -0.581. The standard InChI is InChI=1S/C30H27BrN6O4/c1-17-7-12-23(18(2)13-17)24-15-25(19-8-10-22(41-3)11-9-19)37(33-24)26(38)16-35-28-27(32-34-35)29(39)36(30(28)40)21-6-4-5-20(31)14-21/h4-14,25,27-28H,15-16H2,1-3H3/t25-,27+,28+/m0/s1. The lowest BCUT2D eigenvalue weighted by atomic mass is 9.95. The molecule has 0 radical (unpaired) electrons. The average Bonchev–Trinajstić information content (AvgIpc) is 3.64. The van der Waals surface area contributed by atoms with Gasteiger partial charge in [0.15, 0.2) is 12.1 Å². The van der Waals surface area contributed by atoms with Gasteiger partial charge in [0, 0.05) is 16.5 Å². The maximum Gasteiger partial charge on any atom is 0.264 e. The number of rotatable bonds is 6. The number of amides is 3. The van der Waals surface area contributed by atoms with Crippen molar-refractivity contribution < 1.29 is 19.1 Å². The summed E-state index contributed by atoms with van der Waals surface area (Å²) in [5, 5.41) is 15.7. The molecule has 3 aromatic rings. The Kier molecular flexibility index (Phi) is 6.90. The van der Waals surface area contributed by atoms with Crippen LogP contribution >= 0.6 is 15.9 Å². The summed E-state index contributed by atoms with van der Waals surface area (Å²) < 4.78 is 6.05. The number of imide groups is 1. The molecule has 3 atom stereocenters. The van der Waals surface area contributed by atoms with Gasteiger partial charge >= 0.3 is 0 Å². The van der Waals surface area contributed by atoms with Crippen LogP contribution in [0.4, 0.5) is 5.69 Å². The number of methoxy groups -OCH3 is 1. The van der Waals surface area contributed by atoms with Gasteiger partial charge in [0.25, 0.3) is 17.7 Å². The van der Waals surface area contributed by atoms with E-state index in [9.17, 15) is 14.4 Å². The molecule has 3 aliphatic rings. The number of ether oxygens (including phenoxy) is 1. The van der Waals surface area contributed by atoms with Crippen molar-refractivity contribution in [2.24, 2.45) is 15.4 Å². The van der Waals surface area contributed by atoms with Gasteiger partial charge in [-0.3, -0.25) is 19.4 Å². The first-order valence-corrected chi connectivity index (χ1v) is 14.0. The number of hydrogen-bond acceptors (Lipinski definition) is 8. The van der Waals surface area contributed by atoms with E-state index in [0.29, 0.717) is 17.9 Å². The zero-order valence-corrected chi connectivity index (χ0v) is 24.3. The van der Waals surface area contributed by atoms with Gasteiger partial charge in [0.2, 0.25) is 0 Å². The van der Waals surface area contributed by atoms with Crippen LogP contribution < -0.4 is 9.64 Å². The molecule has 41 heavy (non-hydrogen) atoms. The van der Waals surface area contributed by atoms with E-state index in [1.54, 1.807) is 25.3 Å². The van der Waals surface area contributed by atoms with Crippen LogP contribution in [0.2, 0.25) is 0 Å². The Hall–Kier alpha value is -4.38. The molecule has 0 saturated carbocycles. The number of hydrogen-bond donors (Lipinski definition) is 0. The zero-order valence-electron chi connectivity index (χ0n) is 22.7. The van der Waals surface area contributed by atoms with Crippen molar-refractivity contribution in [3.63, 3.8) is 0 Å². The van der Waals surface area contributed by atoms with Gasteiger partial charge in [-0.15, -0.1) is 0 Å². The molecule has 6 rings (SSSR count). The van der Waals surface area contributed by atoms with Gasteiger partial charge in [-0.05, 0) is 55.3 Å². The highest BCUT2D eigenvalue weighted by molar-refractivity contribution is 9.10. The normalized spacial score (nSPS) is 21.5. The summed E-state index contributed by atoms with van der Waals surface area (Å²) in [6, 6.07) is 18.3. The predicted molar refractivity (Wildman–Crippen MR) is 155 cm³/mol. The predicted octanol–water partition coefficient (Wildman–Crippen LogP) is 4.75. The molecule has 10 nitrogen and oxygen atoms in total. The van der Waals surface area contributed by atoms with Crippen molar-refractivity contribution in [2.45, 2.75) is 38.4 Å². The quantitative estimate of drug-likeness (QED) is 0.373. The Labute approximate surface area is 245 Å². The molecule has 3 heterocycles. The van der Waals surface area contributed by atoms with Crippen molar-refractivity contribution >= 4 is 45.1 Å². The van der Waals surface area contributed by atoms with Crippen LogP contribution in [0.3, 0.4) is 0 Å². The van der Waals surface area contributed by atoms with E-state index < -0.39 is 23.9 Å². The second-order valence-electron chi connectivity index (χ2n) is 10.3. The van der Waals surface area contributed by atoms with Crippen molar-refractivity contribution in [3.8, 4) is 5.75 Å². The average molecular weight is 615 g/mol. The van der Waals surface area contributed by atoms with Crippen molar-refractivity contribution in [1.29, 1.82) is 0 Å². The maximum absolute atomic E-state index is 13.8. The Balaban J connectivity index is 1.28. The summed E-state index contributed by atoms with van der Waals surface area (Å²) in [5.41, 5.74) is 5.33. The van der Waals surface area contributed by atoms with Crippen LogP contribution in [0.1, 0.15) is 34.7 Å². The van der Waals surface area contributed by atoms with Gasteiger partial charge in [0.05, 0.1) is 24.6 Å². The molecule has 0 aliphatic carbocycles. The molecular weight excluding hydrogens is 588 g/mol. The summed E-state index contributed by atoms with van der Waals surface area (Å²) in [6.07, 6.45) is 0.517. The molecular formula is C30H27BrN6O4. The fraction of sp³-hybridized carbons (Fsp3) is 0.267. The summed E-state index contributed by atoms with van der Waals surface area (Å²) >= 11 is 3.38. The lowest BCUT2D eigenvalue weighted by molar-refractivity contribution is -0.135. The van der Waals surface area contributed by atoms with Crippen molar-refractivity contribution in [1.82, 2.24) is 10.0 Å². The van der Waals surface area contributed by atoms with E-state index in [-0.39, 0.29) is 18.5 Å². The minimum absolute atomic E-state index is 0.258. The van der Waals surface area contributed by atoms with Gasteiger partial charge in [-0.25, -0.2) is 9.91 Å². The molecule has 3 aromatic carbocycles. The molecule has 1 fully saturated rings. The molecule has 0 spiro atoms. The number of benzene rings is 3. The topological polar surface area (TPSA) is 107 Å². The fourth-order valence-electron chi connectivity index (χ4n) is 5.56. The highest BCUT2D eigenvalue weighted by Crippen LogP contribution is 2.36. The van der Waals surface area contributed by atoms with Gasteiger partial charge in [0.1, 0.15) is 12.3 Å². The molecule has 0 N–H and O–H groups in total. The third kappa shape index (κ3) is 4.80. The molecule has 0 bridgehead atoms. The lowest BCUT2D eigenvalue weighted by Crippen LogP contribution is -2.44. The zero-order chi connectivity index (χ0) is 28.8. The van der Waals surface area contributed by atoms with Crippen LogP contribution in [-0.2, 0) is 14.4 Å². The van der Waals surface area contributed by atoms with Gasteiger partial charge < -0.3 is 4.74 Å². The van der Waals surface area contributed by atoms with Crippen LogP contribution in [0.5, 0.6) is 5.75 Å². The minimum atomic E-state index is -1.00. The van der Waals surface area contributed by atoms with Crippen molar-refractivity contribution in [2.75, 3.05) is 18.6 Å². The maximum atomic E-state index is 13.8. The molecule has 3 aliphatic heterocycles. The number of carbonyl (C=O) groups is 3. The number of anilines is 1. The Morgan fingerprint density at radius 2 is 1.80 bits per heavy atom. The molecule has 0 aromatic heterocycles. The molecule has 11 heteroatoms. The number of halogens is 1. The monoisotopic (exact) mass is 614 g/mol. The second kappa shape index (κ2) is 10.5. The van der Waals surface area contributed by atoms with E-state index in [0.717, 1.165) is 37.3 Å². The Morgan fingerprint density at radius 3 is 2.51 bits per heavy atom. The van der Waals surface area contributed by atoms with Crippen molar-refractivity contribution in [3.05, 3.63) is 93.5 Å². The summed E-state index contributed by atoms with van der Waals surface area (Å²) in [7, 11) is 1.60. The minimum Gasteiger partial charge on any atom is -0.497 e. The summed E-state index contributed by atoms with van der Waals surface area (Å²) in [4.78, 5) is 41.5. The number of fused-ring (bicyclic) bond motifs is 1. The van der Waals surface area contributed by atoms with Crippen LogP contribution in [0.15, 0.2) is 86.6 Å². The molecule has 3 amide bonds. The van der Waals surface area contributed by atoms with E-state index in [1.807, 2.05) is 56.3 Å². The van der Waals surface area contributed by atoms with E-state index in [2.05, 4.69) is 32.3 Å². The largest absolute Gasteiger partial charge is 0.497 e. The third-order valence-corrected chi connectivity index (χ3v) is 8.07. The Morgan fingerprint density at radius 1 is 1.02 bits per heavy atom. The highest BCUT2D eigenvalue weighted by Gasteiger charge is 2.55. The van der Waals surface area contributed by atoms with Crippen LogP contribution in [0, 0.1) is 13.8 Å². The third-order valence-electron chi connectivity index (χ3n) is 7.58. The van der Waals surface area contributed by atoms with Gasteiger partial charge in [-0.1, -0.05) is 63.1 Å². The number of carbonyl (C=O) groups excluding carboxylic acids is 3. The Bertz CT molecular complexity index is 1620. The van der Waals surface area contributed by atoms with E-state index in [1.165, 1.54) is 10.0 Å². The lowest BCUT2D eigenvalue weighted by Gasteiger charge is -2.25. The smallest absolute Gasteiger partial charge is 0.264 e. The number of hydrazone groups is 1. The fourth-order valence-corrected chi connectivity index (χ4v) is 5.95. The molecule has 1 saturated heterocycles.